The van der Waals surface area contributed by atoms with Crippen LogP contribution in [0.3, 0.4) is 0 Å². The second-order valence-corrected chi connectivity index (χ2v) is 9.08. The monoisotopic (exact) mass is 487 g/mol. The summed E-state index contributed by atoms with van der Waals surface area (Å²) in [5.74, 6) is -5.35. The molecule has 1 aliphatic heterocycles. The Kier molecular flexibility index (Phi) is 6.91. The van der Waals surface area contributed by atoms with E-state index in [0.717, 1.165) is 6.42 Å². The normalized spacial score (nSPS) is 22.4. The number of methoxy groups -OCH3 is 1. The number of aromatic nitrogens is 1. The molecule has 4 rings (SSSR count). The third-order valence-corrected chi connectivity index (χ3v) is 6.58. The quantitative estimate of drug-likeness (QED) is 0.430. The van der Waals surface area contributed by atoms with Gasteiger partial charge < -0.3 is 25.7 Å². The first-order chi connectivity index (χ1) is 16.7. The van der Waals surface area contributed by atoms with Crippen LogP contribution in [0.25, 0.3) is 10.9 Å². The minimum Gasteiger partial charge on any atom is -0.496 e. The maximum atomic E-state index is 13.6. The highest BCUT2D eigenvalue weighted by Gasteiger charge is 2.57. The van der Waals surface area contributed by atoms with Gasteiger partial charge in [0.05, 0.1) is 13.2 Å². The van der Waals surface area contributed by atoms with E-state index in [1.54, 1.807) is 24.3 Å². The fourth-order valence-electron chi connectivity index (χ4n) is 4.47. The topological polar surface area (TPSA) is 136 Å². The molecule has 0 spiro atoms. The maximum Gasteiger partial charge on any atom is 0.268 e. The molecule has 35 heavy (non-hydrogen) atoms. The number of hydrogen-bond acceptors (Lipinski definition) is 5. The molecule has 2 heterocycles. The minimum absolute atomic E-state index is 0.107. The molecular weight excluding hydrogens is 460 g/mol. The van der Waals surface area contributed by atoms with Crippen molar-refractivity contribution in [3.05, 3.63) is 30.0 Å². The van der Waals surface area contributed by atoms with E-state index in [9.17, 15) is 28.4 Å². The van der Waals surface area contributed by atoms with Gasteiger partial charge >= 0.3 is 0 Å². The maximum absolute atomic E-state index is 13.6. The number of alkyl halides is 2. The number of carbonyl (C=O) groups excluding carboxylic acids is 3. The Labute approximate surface area is 200 Å². The lowest BCUT2D eigenvalue weighted by Crippen LogP contribution is -2.51. The second kappa shape index (κ2) is 9.90. The largest absolute Gasteiger partial charge is 0.496 e. The highest BCUT2D eigenvalue weighted by atomic mass is 19.3. The Morgan fingerprint density at radius 2 is 2.09 bits per heavy atom. The lowest BCUT2D eigenvalue weighted by molar-refractivity contribution is -0.128. The summed E-state index contributed by atoms with van der Waals surface area (Å²) >= 11 is 0. The average molecular weight is 488 g/mol. The van der Waals surface area contributed by atoms with Crippen LogP contribution < -0.4 is 20.7 Å². The molecule has 1 aromatic carbocycles. The summed E-state index contributed by atoms with van der Waals surface area (Å²) in [4.78, 5) is 40.9. The molecule has 1 aliphatic carbocycles. The molecule has 1 saturated carbocycles. The molecule has 186 valence electrons. The number of carbonyl (C=O) groups is 3. The van der Waals surface area contributed by atoms with Crippen molar-refractivity contribution in [2.24, 2.45) is 11.8 Å². The zero-order valence-electron chi connectivity index (χ0n) is 19.2. The van der Waals surface area contributed by atoms with Crippen LogP contribution in [-0.2, 0) is 9.59 Å². The van der Waals surface area contributed by atoms with Crippen molar-refractivity contribution in [3.63, 3.8) is 0 Å². The number of piperidine rings is 1. The number of H-pyrrole nitrogens is 1. The summed E-state index contributed by atoms with van der Waals surface area (Å²) in [5, 5.41) is 18.0. The number of nitrogens with one attached hydrogen (secondary N) is 4. The van der Waals surface area contributed by atoms with Gasteiger partial charge in [0.2, 0.25) is 11.8 Å². The summed E-state index contributed by atoms with van der Waals surface area (Å²) < 4.78 is 32.5. The van der Waals surface area contributed by atoms with Crippen LogP contribution in [0.2, 0.25) is 0 Å². The predicted molar refractivity (Wildman–Crippen MR) is 122 cm³/mol. The molecule has 1 aromatic heterocycles. The lowest BCUT2D eigenvalue weighted by atomic mass is 9.92. The van der Waals surface area contributed by atoms with Crippen molar-refractivity contribution in [1.82, 2.24) is 20.9 Å². The van der Waals surface area contributed by atoms with Crippen molar-refractivity contribution < 1.29 is 27.9 Å². The number of halogens is 2. The molecule has 0 radical (unpaired) electrons. The predicted octanol–water partition coefficient (Wildman–Crippen LogP) is 2.24. The van der Waals surface area contributed by atoms with Crippen LogP contribution >= 0.6 is 0 Å². The molecule has 0 bridgehead atoms. The van der Waals surface area contributed by atoms with Gasteiger partial charge in [-0.15, -0.1) is 0 Å². The van der Waals surface area contributed by atoms with Crippen molar-refractivity contribution in [2.75, 3.05) is 13.7 Å². The summed E-state index contributed by atoms with van der Waals surface area (Å²) in [6.45, 7) is 0.572. The van der Waals surface area contributed by atoms with Crippen molar-refractivity contribution in [3.8, 4) is 11.8 Å². The van der Waals surface area contributed by atoms with E-state index in [1.165, 1.54) is 7.11 Å². The number of benzene rings is 1. The van der Waals surface area contributed by atoms with E-state index in [-0.39, 0.29) is 30.9 Å². The van der Waals surface area contributed by atoms with Gasteiger partial charge in [0.1, 0.15) is 23.5 Å². The summed E-state index contributed by atoms with van der Waals surface area (Å²) in [7, 11) is 1.50. The van der Waals surface area contributed by atoms with E-state index in [2.05, 4.69) is 20.9 Å². The number of nitriles is 1. The van der Waals surface area contributed by atoms with Crippen LogP contribution in [0.15, 0.2) is 24.3 Å². The first-order valence-corrected chi connectivity index (χ1v) is 11.5. The molecule has 9 nitrogen and oxygen atoms in total. The van der Waals surface area contributed by atoms with Crippen LogP contribution in [-0.4, -0.2) is 54.4 Å². The molecule has 11 heteroatoms. The molecular formula is C24H27F2N5O4. The zero-order valence-corrected chi connectivity index (χ0v) is 19.2. The summed E-state index contributed by atoms with van der Waals surface area (Å²) in [6.07, 6.45) is 0.845. The van der Waals surface area contributed by atoms with Crippen LogP contribution in [0.5, 0.6) is 5.75 Å². The Morgan fingerprint density at radius 1 is 1.31 bits per heavy atom. The number of hydrogen-bond donors (Lipinski definition) is 4. The number of ether oxygens (including phenoxy) is 1. The summed E-state index contributed by atoms with van der Waals surface area (Å²) in [6, 6.07) is 6.49. The van der Waals surface area contributed by atoms with E-state index in [1.807, 2.05) is 6.07 Å². The number of rotatable bonds is 9. The van der Waals surface area contributed by atoms with Gasteiger partial charge in [-0.2, -0.15) is 5.26 Å². The standard InChI is InChI=1S/C24H27F2N5O4/c1-35-20-6-2-5-17-16(20)10-19(30-17)23(34)31-18(9-14-11-24(14,25)26)22(33)29-15(12-27)8-13-4-3-7-28-21(13)32/h2,5-6,10,13-15,18,30H,3-4,7-9,11H2,1H3,(H,28,32)(H,29,33)(H,31,34)/t13?,14?,15-,18-/m0/s1. The lowest BCUT2D eigenvalue weighted by Gasteiger charge is -2.25. The Balaban J connectivity index is 1.47. The highest BCUT2D eigenvalue weighted by Crippen LogP contribution is 2.51. The van der Waals surface area contributed by atoms with Gasteiger partial charge in [0.15, 0.2) is 0 Å². The Hall–Kier alpha value is -3.68. The van der Waals surface area contributed by atoms with Gasteiger partial charge in [-0.05, 0) is 43.9 Å². The fraction of sp³-hybridized carbons (Fsp3) is 0.500. The smallest absolute Gasteiger partial charge is 0.268 e. The van der Waals surface area contributed by atoms with Crippen molar-refractivity contribution in [2.45, 2.75) is 50.1 Å². The molecule has 2 aromatic rings. The van der Waals surface area contributed by atoms with Crippen LogP contribution in [0, 0.1) is 23.2 Å². The molecule has 2 fully saturated rings. The first-order valence-electron chi connectivity index (χ1n) is 11.5. The first kappa shape index (κ1) is 24.4. The van der Waals surface area contributed by atoms with Gasteiger partial charge in [-0.3, -0.25) is 14.4 Å². The number of fused-ring (bicyclic) bond motifs is 1. The Morgan fingerprint density at radius 3 is 2.74 bits per heavy atom. The van der Waals surface area contributed by atoms with E-state index < -0.39 is 41.7 Å². The molecule has 4 atom stereocenters. The number of amides is 3. The van der Waals surface area contributed by atoms with Gasteiger partial charge in [0.25, 0.3) is 11.8 Å². The van der Waals surface area contributed by atoms with Gasteiger partial charge in [-0.25, -0.2) is 8.78 Å². The molecule has 4 N–H and O–H groups in total. The van der Waals surface area contributed by atoms with Gasteiger partial charge in [0, 0.05) is 35.7 Å². The molecule has 2 aliphatic rings. The van der Waals surface area contributed by atoms with Crippen molar-refractivity contribution in [1.29, 1.82) is 5.26 Å². The van der Waals surface area contributed by atoms with Gasteiger partial charge in [-0.1, -0.05) is 6.07 Å². The number of aromatic amines is 1. The Bertz CT molecular complexity index is 1170. The van der Waals surface area contributed by atoms with Crippen LogP contribution in [0.1, 0.15) is 42.6 Å². The highest BCUT2D eigenvalue weighted by molar-refractivity contribution is 6.01. The SMILES string of the molecule is COc1cccc2[nH]c(C(=O)N[C@@H](CC3CC3(F)F)C(=O)N[C@H](C#N)CC3CCCNC3=O)cc12. The van der Waals surface area contributed by atoms with Crippen molar-refractivity contribution >= 4 is 28.6 Å². The van der Waals surface area contributed by atoms with Crippen LogP contribution in [0.4, 0.5) is 8.78 Å². The third kappa shape index (κ3) is 5.53. The molecule has 2 unspecified atom stereocenters. The summed E-state index contributed by atoms with van der Waals surface area (Å²) in [5.41, 5.74) is 0.778. The van der Waals surface area contributed by atoms with E-state index in [0.29, 0.717) is 29.6 Å². The van der Waals surface area contributed by atoms with E-state index >= 15 is 0 Å². The second-order valence-electron chi connectivity index (χ2n) is 9.08. The third-order valence-electron chi connectivity index (χ3n) is 6.58. The zero-order chi connectivity index (χ0) is 25.2. The minimum atomic E-state index is -2.88. The average Bonchev–Trinajstić information content (AvgIpc) is 3.22. The van der Waals surface area contributed by atoms with E-state index in [4.69, 9.17) is 4.74 Å². The molecule has 3 amide bonds. The number of nitrogens with zero attached hydrogens (tertiary/aromatic N) is 1. The molecule has 1 saturated heterocycles. The fourth-order valence-corrected chi connectivity index (χ4v) is 4.47.